The summed E-state index contributed by atoms with van der Waals surface area (Å²) in [6, 6.07) is 7.60. The van der Waals surface area contributed by atoms with Gasteiger partial charge in [0.25, 0.3) is 5.91 Å². The molecule has 1 aliphatic heterocycles. The Morgan fingerprint density at radius 3 is 2.58 bits per heavy atom. The first-order valence-corrected chi connectivity index (χ1v) is 7.99. The van der Waals surface area contributed by atoms with Crippen LogP contribution in [0, 0.1) is 6.92 Å². The summed E-state index contributed by atoms with van der Waals surface area (Å²) in [5.41, 5.74) is 4.42. The lowest BCUT2D eigenvalue weighted by Gasteiger charge is -2.26. The van der Waals surface area contributed by atoms with E-state index in [4.69, 9.17) is 4.74 Å². The van der Waals surface area contributed by atoms with E-state index in [1.807, 2.05) is 52.9 Å². The lowest BCUT2D eigenvalue weighted by Crippen LogP contribution is -2.40. The first-order valence-electron chi connectivity index (χ1n) is 7.99. The lowest BCUT2D eigenvalue weighted by atomic mass is 10.1. The van der Waals surface area contributed by atoms with Gasteiger partial charge in [-0.2, -0.15) is 0 Å². The molecule has 0 unspecified atom stereocenters. The van der Waals surface area contributed by atoms with Gasteiger partial charge in [-0.3, -0.25) is 9.78 Å². The molecule has 24 heavy (non-hydrogen) atoms. The summed E-state index contributed by atoms with van der Waals surface area (Å²) in [6.45, 7) is 4.53. The van der Waals surface area contributed by atoms with Crippen molar-refractivity contribution in [1.82, 2.24) is 19.3 Å². The number of hydrogen-bond acceptors (Lipinski definition) is 4. The normalized spacial score (nSPS) is 15.0. The molecule has 3 heterocycles. The molecular weight excluding hydrogens is 304 g/mol. The molecule has 0 radical (unpaired) electrons. The Bertz CT molecular complexity index is 880. The zero-order valence-electron chi connectivity index (χ0n) is 13.5. The highest BCUT2D eigenvalue weighted by atomic mass is 16.5. The zero-order chi connectivity index (χ0) is 16.5. The van der Waals surface area contributed by atoms with Gasteiger partial charge in [0, 0.05) is 42.3 Å². The molecule has 6 nitrogen and oxygen atoms in total. The van der Waals surface area contributed by atoms with Crippen LogP contribution in [-0.2, 0) is 4.74 Å². The molecule has 0 spiro atoms. The topological polar surface area (TPSA) is 59.7 Å². The van der Waals surface area contributed by atoms with Crippen LogP contribution in [0.3, 0.4) is 0 Å². The van der Waals surface area contributed by atoms with E-state index >= 15 is 0 Å². The van der Waals surface area contributed by atoms with Crippen LogP contribution in [0.5, 0.6) is 0 Å². The van der Waals surface area contributed by atoms with Crippen molar-refractivity contribution in [1.29, 1.82) is 0 Å². The van der Waals surface area contributed by atoms with Crippen molar-refractivity contribution >= 4 is 11.6 Å². The maximum absolute atomic E-state index is 12.5. The summed E-state index contributed by atoms with van der Waals surface area (Å²) in [7, 11) is 0. The van der Waals surface area contributed by atoms with Gasteiger partial charge in [0.15, 0.2) is 5.65 Å². The second kappa shape index (κ2) is 6.05. The molecule has 0 atom stereocenters. The molecule has 1 aliphatic rings. The Morgan fingerprint density at radius 1 is 1.08 bits per heavy atom. The number of carbonyl (C=O) groups excluding carboxylic acids is 1. The fourth-order valence-corrected chi connectivity index (χ4v) is 2.89. The van der Waals surface area contributed by atoms with Gasteiger partial charge in [-0.05, 0) is 19.1 Å². The van der Waals surface area contributed by atoms with Crippen LogP contribution in [0.4, 0.5) is 0 Å². The van der Waals surface area contributed by atoms with E-state index in [0.29, 0.717) is 31.9 Å². The number of rotatable bonds is 2. The van der Waals surface area contributed by atoms with Crippen molar-refractivity contribution in [3.63, 3.8) is 0 Å². The second-order valence-corrected chi connectivity index (χ2v) is 5.88. The number of aryl methyl sites for hydroxylation is 1. The van der Waals surface area contributed by atoms with Gasteiger partial charge >= 0.3 is 0 Å². The summed E-state index contributed by atoms with van der Waals surface area (Å²) < 4.78 is 7.30. The largest absolute Gasteiger partial charge is 0.378 e. The van der Waals surface area contributed by atoms with Crippen molar-refractivity contribution in [3.8, 4) is 11.3 Å². The van der Waals surface area contributed by atoms with Crippen molar-refractivity contribution in [2.24, 2.45) is 0 Å². The Hall–Kier alpha value is -2.73. The smallest absolute Gasteiger partial charge is 0.254 e. The molecule has 2 aromatic heterocycles. The van der Waals surface area contributed by atoms with Crippen molar-refractivity contribution < 1.29 is 9.53 Å². The third-order valence-corrected chi connectivity index (χ3v) is 4.31. The Balaban J connectivity index is 1.60. The molecule has 122 valence electrons. The van der Waals surface area contributed by atoms with Gasteiger partial charge in [0.05, 0.1) is 25.1 Å². The fraction of sp³-hybridized carbons (Fsp3) is 0.278. The van der Waals surface area contributed by atoms with Crippen molar-refractivity contribution in [3.05, 3.63) is 54.1 Å². The number of benzene rings is 1. The van der Waals surface area contributed by atoms with Crippen LogP contribution in [0.2, 0.25) is 0 Å². The number of nitrogens with zero attached hydrogens (tertiary/aromatic N) is 4. The number of imidazole rings is 1. The van der Waals surface area contributed by atoms with Crippen LogP contribution < -0.4 is 0 Å². The monoisotopic (exact) mass is 322 g/mol. The van der Waals surface area contributed by atoms with Gasteiger partial charge in [0.2, 0.25) is 0 Å². The minimum atomic E-state index is 0.0544. The average molecular weight is 322 g/mol. The van der Waals surface area contributed by atoms with Gasteiger partial charge < -0.3 is 14.0 Å². The van der Waals surface area contributed by atoms with E-state index in [-0.39, 0.29) is 5.91 Å². The molecule has 0 bridgehead atoms. The van der Waals surface area contributed by atoms with Gasteiger partial charge in [-0.15, -0.1) is 0 Å². The number of fused-ring (bicyclic) bond motifs is 1. The van der Waals surface area contributed by atoms with Crippen LogP contribution >= 0.6 is 0 Å². The number of hydrogen-bond donors (Lipinski definition) is 0. The molecule has 0 aliphatic carbocycles. The maximum atomic E-state index is 12.5. The molecule has 0 N–H and O–H groups in total. The van der Waals surface area contributed by atoms with Crippen LogP contribution in [0.15, 0.2) is 42.9 Å². The third-order valence-electron chi connectivity index (χ3n) is 4.31. The predicted molar refractivity (Wildman–Crippen MR) is 89.9 cm³/mol. The summed E-state index contributed by atoms with van der Waals surface area (Å²) >= 11 is 0. The van der Waals surface area contributed by atoms with E-state index in [1.165, 1.54) is 0 Å². The van der Waals surface area contributed by atoms with Gasteiger partial charge in [-0.1, -0.05) is 12.1 Å². The minimum absolute atomic E-state index is 0.0544. The minimum Gasteiger partial charge on any atom is -0.378 e. The number of amides is 1. The summed E-state index contributed by atoms with van der Waals surface area (Å²) in [6.07, 6.45) is 5.55. The molecular formula is C18H18N4O2. The molecule has 1 amide bonds. The molecule has 1 fully saturated rings. The van der Waals surface area contributed by atoms with Gasteiger partial charge in [-0.25, -0.2) is 4.98 Å². The van der Waals surface area contributed by atoms with E-state index in [0.717, 1.165) is 22.6 Å². The van der Waals surface area contributed by atoms with Crippen LogP contribution in [0.25, 0.3) is 16.9 Å². The average Bonchev–Trinajstić information content (AvgIpc) is 3.02. The summed E-state index contributed by atoms with van der Waals surface area (Å²) in [5, 5.41) is 0. The highest BCUT2D eigenvalue weighted by molar-refractivity contribution is 5.94. The van der Waals surface area contributed by atoms with Crippen molar-refractivity contribution in [2.45, 2.75) is 6.92 Å². The molecule has 6 heteroatoms. The van der Waals surface area contributed by atoms with E-state index in [9.17, 15) is 4.79 Å². The maximum Gasteiger partial charge on any atom is 0.254 e. The molecule has 0 saturated carbocycles. The number of morpholine rings is 1. The Morgan fingerprint density at radius 2 is 1.83 bits per heavy atom. The van der Waals surface area contributed by atoms with Crippen LogP contribution in [0.1, 0.15) is 16.1 Å². The molecule has 1 aromatic carbocycles. The standard InChI is InChI=1S/C18H18N4O2/c1-13-10-20-17-11-19-16(12-22(13)17)14-2-4-15(5-3-14)18(23)21-6-8-24-9-7-21/h2-5,10-12H,6-9H2,1H3. The second-order valence-electron chi connectivity index (χ2n) is 5.88. The predicted octanol–water partition coefficient (Wildman–Crippen LogP) is 2.18. The fourth-order valence-electron chi connectivity index (χ4n) is 2.89. The zero-order valence-corrected chi connectivity index (χ0v) is 13.5. The highest BCUT2D eigenvalue weighted by Gasteiger charge is 2.18. The summed E-state index contributed by atoms with van der Waals surface area (Å²) in [4.78, 5) is 23.0. The summed E-state index contributed by atoms with van der Waals surface area (Å²) in [5.74, 6) is 0.0544. The van der Waals surface area contributed by atoms with E-state index in [2.05, 4.69) is 9.97 Å². The Kier molecular flexibility index (Phi) is 3.74. The highest BCUT2D eigenvalue weighted by Crippen LogP contribution is 2.19. The molecule has 1 saturated heterocycles. The quantitative estimate of drug-likeness (QED) is 0.725. The third kappa shape index (κ3) is 2.65. The molecule has 3 aromatic rings. The van der Waals surface area contributed by atoms with E-state index < -0.39 is 0 Å². The van der Waals surface area contributed by atoms with Crippen molar-refractivity contribution in [2.75, 3.05) is 26.3 Å². The number of ether oxygens (including phenoxy) is 1. The SMILES string of the molecule is Cc1cnc2cnc(-c3ccc(C(=O)N4CCOCC4)cc3)cn12. The molecule has 4 rings (SSSR count). The Labute approximate surface area is 139 Å². The first kappa shape index (κ1) is 14.8. The van der Waals surface area contributed by atoms with E-state index in [1.54, 1.807) is 6.20 Å². The lowest BCUT2D eigenvalue weighted by molar-refractivity contribution is 0.0303. The van der Waals surface area contributed by atoms with Gasteiger partial charge in [0.1, 0.15) is 0 Å². The van der Waals surface area contributed by atoms with Crippen LogP contribution in [-0.4, -0.2) is 51.5 Å². The number of aromatic nitrogens is 3. The first-order chi connectivity index (χ1) is 11.7. The number of carbonyl (C=O) groups is 1.